The van der Waals surface area contributed by atoms with Crippen LogP contribution >= 0.6 is 15.9 Å². The summed E-state index contributed by atoms with van der Waals surface area (Å²) in [6, 6.07) is 7.66. The normalized spacial score (nSPS) is 14.4. The van der Waals surface area contributed by atoms with Gasteiger partial charge in [-0.15, -0.1) is 0 Å². The van der Waals surface area contributed by atoms with Crippen molar-refractivity contribution in [3.63, 3.8) is 0 Å². The van der Waals surface area contributed by atoms with Gasteiger partial charge in [0.15, 0.2) is 0 Å². The van der Waals surface area contributed by atoms with Crippen LogP contribution in [-0.4, -0.2) is 21.8 Å². The molecule has 2 aromatic rings. The lowest BCUT2D eigenvalue weighted by atomic mass is 10.3. The highest BCUT2D eigenvalue weighted by atomic mass is 79.9. The maximum atomic E-state index is 12.6. The van der Waals surface area contributed by atoms with Gasteiger partial charge >= 0.3 is 0 Å². The average molecular weight is 321 g/mol. The third-order valence-electron chi connectivity index (χ3n) is 3.12. The van der Waals surface area contributed by atoms with E-state index in [0.717, 1.165) is 23.1 Å². The minimum absolute atomic E-state index is 0.0497. The smallest absolute Gasteiger partial charge is 0.274 e. The number of aromatic nitrogens is 1. The molecule has 1 amide bonds. The summed E-state index contributed by atoms with van der Waals surface area (Å²) in [5.41, 5.74) is 0.459. The lowest BCUT2D eigenvalue weighted by Crippen LogP contribution is -2.33. The molecule has 1 saturated carbocycles. The molecule has 0 radical (unpaired) electrons. The van der Waals surface area contributed by atoms with Crippen LogP contribution in [-0.2, 0) is 6.54 Å². The van der Waals surface area contributed by atoms with Crippen molar-refractivity contribution in [2.24, 2.45) is 0 Å². The molecule has 5 heteroatoms. The van der Waals surface area contributed by atoms with Crippen molar-refractivity contribution in [1.29, 1.82) is 0 Å². The highest BCUT2D eigenvalue weighted by Crippen LogP contribution is 2.30. The largest absolute Gasteiger partial charge is 0.467 e. The maximum absolute atomic E-state index is 12.6. The third-order valence-corrected chi connectivity index (χ3v) is 3.76. The number of carbonyl (C=O) groups is 1. The van der Waals surface area contributed by atoms with Gasteiger partial charge in [0, 0.05) is 16.7 Å². The predicted octanol–water partition coefficient (Wildman–Crippen LogP) is 3.24. The van der Waals surface area contributed by atoms with Crippen LogP contribution < -0.4 is 0 Å². The number of nitrogens with zero attached hydrogens (tertiary/aromatic N) is 2. The molecule has 0 N–H and O–H groups in total. The summed E-state index contributed by atoms with van der Waals surface area (Å²) in [5, 5.41) is 0. The van der Waals surface area contributed by atoms with E-state index in [-0.39, 0.29) is 5.91 Å². The van der Waals surface area contributed by atoms with Gasteiger partial charge in [-0.2, -0.15) is 0 Å². The van der Waals surface area contributed by atoms with E-state index in [1.165, 1.54) is 0 Å². The minimum Gasteiger partial charge on any atom is -0.467 e. The Morgan fingerprint density at radius 3 is 2.89 bits per heavy atom. The second-order valence-corrected chi connectivity index (χ2v) is 5.43. The van der Waals surface area contributed by atoms with E-state index in [4.69, 9.17) is 4.42 Å². The number of pyridine rings is 1. The molecule has 2 aromatic heterocycles. The summed E-state index contributed by atoms with van der Waals surface area (Å²) >= 11 is 3.38. The van der Waals surface area contributed by atoms with Crippen LogP contribution in [0.4, 0.5) is 0 Å². The molecule has 19 heavy (non-hydrogen) atoms. The molecule has 4 nitrogen and oxygen atoms in total. The molecule has 0 spiro atoms. The Balaban J connectivity index is 1.84. The quantitative estimate of drug-likeness (QED) is 0.868. The van der Waals surface area contributed by atoms with Gasteiger partial charge in [0.2, 0.25) is 0 Å². The molecule has 1 aliphatic rings. The monoisotopic (exact) mass is 320 g/mol. The molecular formula is C14H13BrN2O2. The number of furan rings is 1. The number of carbonyl (C=O) groups excluding carboxylic acids is 1. The van der Waals surface area contributed by atoms with Crippen LogP contribution in [0.1, 0.15) is 29.1 Å². The van der Waals surface area contributed by atoms with Crippen molar-refractivity contribution in [3.8, 4) is 0 Å². The number of amides is 1. The molecule has 0 aromatic carbocycles. The standard InChI is InChI=1S/C14H13BrN2O2/c15-12-4-1-7-16-13(12)14(18)17(10-5-6-10)9-11-3-2-8-19-11/h1-4,7-8,10H,5-6,9H2. The zero-order valence-corrected chi connectivity index (χ0v) is 11.8. The van der Waals surface area contributed by atoms with E-state index < -0.39 is 0 Å². The molecule has 0 aliphatic heterocycles. The van der Waals surface area contributed by atoms with E-state index in [1.54, 1.807) is 18.5 Å². The molecule has 2 heterocycles. The van der Waals surface area contributed by atoms with Crippen molar-refractivity contribution in [2.45, 2.75) is 25.4 Å². The molecule has 3 rings (SSSR count). The Bertz CT molecular complexity index is 579. The van der Waals surface area contributed by atoms with E-state index in [9.17, 15) is 4.79 Å². The molecule has 0 unspecified atom stereocenters. The Hall–Kier alpha value is -1.62. The van der Waals surface area contributed by atoms with Gasteiger partial charge in [-0.25, -0.2) is 4.98 Å². The topological polar surface area (TPSA) is 46.3 Å². The molecule has 0 atom stereocenters. The number of hydrogen-bond donors (Lipinski definition) is 0. The van der Waals surface area contributed by atoms with Crippen LogP contribution in [0.15, 0.2) is 45.6 Å². The first-order chi connectivity index (χ1) is 9.25. The van der Waals surface area contributed by atoms with Crippen molar-refractivity contribution in [3.05, 3.63) is 52.7 Å². The summed E-state index contributed by atoms with van der Waals surface area (Å²) in [7, 11) is 0. The highest BCUT2D eigenvalue weighted by Gasteiger charge is 2.34. The fraction of sp³-hybridized carbons (Fsp3) is 0.286. The Kier molecular flexibility index (Phi) is 3.38. The summed E-state index contributed by atoms with van der Waals surface area (Å²) in [6.07, 6.45) is 5.37. The van der Waals surface area contributed by atoms with Crippen LogP contribution in [0.5, 0.6) is 0 Å². The molecule has 0 saturated heterocycles. The minimum atomic E-state index is -0.0497. The zero-order valence-electron chi connectivity index (χ0n) is 10.3. The molecule has 0 bridgehead atoms. The fourth-order valence-corrected chi connectivity index (χ4v) is 2.43. The average Bonchev–Trinajstić information content (AvgIpc) is 3.13. The van der Waals surface area contributed by atoms with E-state index in [2.05, 4.69) is 20.9 Å². The van der Waals surface area contributed by atoms with Gasteiger partial charge in [-0.3, -0.25) is 4.79 Å². The van der Waals surface area contributed by atoms with Crippen molar-refractivity contribution in [2.75, 3.05) is 0 Å². The van der Waals surface area contributed by atoms with Gasteiger partial charge in [-0.1, -0.05) is 0 Å². The second kappa shape index (κ2) is 5.17. The fourth-order valence-electron chi connectivity index (χ4n) is 2.00. The van der Waals surface area contributed by atoms with Crippen LogP contribution in [0.2, 0.25) is 0 Å². The van der Waals surface area contributed by atoms with Crippen molar-refractivity contribution < 1.29 is 9.21 Å². The Labute approximate surface area is 119 Å². The molecular weight excluding hydrogens is 308 g/mol. The first-order valence-corrected chi connectivity index (χ1v) is 6.99. The van der Waals surface area contributed by atoms with Gasteiger partial charge in [-0.05, 0) is 53.0 Å². The number of hydrogen-bond acceptors (Lipinski definition) is 3. The lowest BCUT2D eigenvalue weighted by molar-refractivity contribution is 0.0710. The number of halogens is 1. The van der Waals surface area contributed by atoms with Crippen LogP contribution in [0.3, 0.4) is 0 Å². The van der Waals surface area contributed by atoms with E-state index >= 15 is 0 Å². The van der Waals surface area contributed by atoms with Crippen LogP contribution in [0, 0.1) is 0 Å². The number of rotatable bonds is 4. The third kappa shape index (κ3) is 2.71. The molecule has 98 valence electrons. The van der Waals surface area contributed by atoms with Crippen LogP contribution in [0.25, 0.3) is 0 Å². The summed E-state index contributed by atoms with van der Waals surface area (Å²) in [4.78, 5) is 18.6. The van der Waals surface area contributed by atoms with E-state index in [1.807, 2.05) is 23.1 Å². The molecule has 1 fully saturated rings. The van der Waals surface area contributed by atoms with Gasteiger partial charge in [0.1, 0.15) is 11.5 Å². The predicted molar refractivity (Wildman–Crippen MR) is 73.5 cm³/mol. The first kappa shape index (κ1) is 12.4. The first-order valence-electron chi connectivity index (χ1n) is 6.19. The maximum Gasteiger partial charge on any atom is 0.274 e. The summed E-state index contributed by atoms with van der Waals surface area (Å²) in [5.74, 6) is 0.749. The highest BCUT2D eigenvalue weighted by molar-refractivity contribution is 9.10. The van der Waals surface area contributed by atoms with Crippen molar-refractivity contribution in [1.82, 2.24) is 9.88 Å². The zero-order chi connectivity index (χ0) is 13.2. The summed E-state index contributed by atoms with van der Waals surface area (Å²) in [6.45, 7) is 0.500. The lowest BCUT2D eigenvalue weighted by Gasteiger charge is -2.21. The van der Waals surface area contributed by atoms with Crippen molar-refractivity contribution >= 4 is 21.8 Å². The van der Waals surface area contributed by atoms with Gasteiger partial charge < -0.3 is 9.32 Å². The Morgan fingerprint density at radius 2 is 2.26 bits per heavy atom. The summed E-state index contributed by atoms with van der Waals surface area (Å²) < 4.78 is 6.06. The SMILES string of the molecule is O=C(c1ncccc1Br)N(Cc1ccco1)C1CC1. The Morgan fingerprint density at radius 1 is 1.42 bits per heavy atom. The van der Waals surface area contributed by atoms with E-state index in [0.29, 0.717) is 18.3 Å². The second-order valence-electron chi connectivity index (χ2n) is 4.58. The van der Waals surface area contributed by atoms with Gasteiger partial charge in [0.05, 0.1) is 12.8 Å². The molecule has 1 aliphatic carbocycles. The van der Waals surface area contributed by atoms with Gasteiger partial charge in [0.25, 0.3) is 5.91 Å².